The van der Waals surface area contributed by atoms with Crippen LogP contribution in [0.2, 0.25) is 15.1 Å². The topological polar surface area (TPSA) is 77.0 Å². The molecule has 0 heterocycles. The standard InChI is InChI=1S/C28H19Cl3N2O4/c29-21-8-4-18(5-9-21)17-36-23-11-6-20(7-12-23)27(34)33-32-16-19-2-1-3-24(14-19)37-28(35)25-13-10-22(30)15-26(25)31/h1-16H,17H2,(H,33,34)/b32-16+. The maximum Gasteiger partial charge on any atom is 0.345 e. The summed E-state index contributed by atoms with van der Waals surface area (Å²) in [6.45, 7) is 0.383. The molecule has 1 amide bonds. The first kappa shape index (κ1) is 26.2. The first-order valence-corrected chi connectivity index (χ1v) is 12.1. The maximum absolute atomic E-state index is 12.4. The number of rotatable bonds is 8. The van der Waals surface area contributed by atoms with Gasteiger partial charge in [0.05, 0.1) is 16.8 Å². The van der Waals surface area contributed by atoms with Crippen molar-refractivity contribution in [3.05, 3.63) is 128 Å². The number of hydrazone groups is 1. The molecular weight excluding hydrogens is 535 g/mol. The van der Waals surface area contributed by atoms with Gasteiger partial charge in [-0.25, -0.2) is 10.2 Å². The van der Waals surface area contributed by atoms with Gasteiger partial charge in [0.15, 0.2) is 0 Å². The van der Waals surface area contributed by atoms with E-state index in [1.807, 2.05) is 12.1 Å². The zero-order valence-electron chi connectivity index (χ0n) is 19.2. The van der Waals surface area contributed by atoms with Crippen LogP contribution in [-0.2, 0) is 6.61 Å². The molecule has 4 rings (SSSR count). The molecule has 0 saturated heterocycles. The minimum absolute atomic E-state index is 0.193. The van der Waals surface area contributed by atoms with Crippen LogP contribution in [0.4, 0.5) is 0 Å². The van der Waals surface area contributed by atoms with Gasteiger partial charge in [0.2, 0.25) is 0 Å². The van der Waals surface area contributed by atoms with Crippen LogP contribution in [-0.4, -0.2) is 18.1 Å². The molecule has 0 bridgehead atoms. The van der Waals surface area contributed by atoms with Crippen LogP contribution < -0.4 is 14.9 Å². The smallest absolute Gasteiger partial charge is 0.345 e. The molecule has 0 aliphatic carbocycles. The van der Waals surface area contributed by atoms with Crippen molar-refractivity contribution in [1.82, 2.24) is 5.43 Å². The molecule has 186 valence electrons. The van der Waals surface area contributed by atoms with E-state index in [2.05, 4.69) is 10.5 Å². The summed E-state index contributed by atoms with van der Waals surface area (Å²) in [6.07, 6.45) is 1.44. The van der Waals surface area contributed by atoms with Crippen LogP contribution in [0.1, 0.15) is 31.8 Å². The van der Waals surface area contributed by atoms with Gasteiger partial charge in [-0.3, -0.25) is 4.79 Å². The second kappa shape index (κ2) is 12.4. The van der Waals surface area contributed by atoms with Crippen molar-refractivity contribution in [2.45, 2.75) is 6.61 Å². The summed E-state index contributed by atoms with van der Waals surface area (Å²) in [7, 11) is 0. The van der Waals surface area contributed by atoms with Gasteiger partial charge in [-0.15, -0.1) is 0 Å². The van der Waals surface area contributed by atoms with Gasteiger partial charge in [0.25, 0.3) is 5.91 Å². The maximum atomic E-state index is 12.4. The average molecular weight is 554 g/mol. The van der Waals surface area contributed by atoms with Crippen LogP contribution in [0, 0.1) is 0 Å². The lowest BCUT2D eigenvalue weighted by Gasteiger charge is -2.07. The highest BCUT2D eigenvalue weighted by atomic mass is 35.5. The number of carbonyl (C=O) groups is 2. The fourth-order valence-corrected chi connectivity index (χ4v) is 3.77. The molecule has 0 radical (unpaired) electrons. The highest BCUT2D eigenvalue weighted by Crippen LogP contribution is 2.23. The first-order chi connectivity index (χ1) is 17.9. The number of carbonyl (C=O) groups excluding carboxylic acids is 2. The van der Waals surface area contributed by atoms with Crippen molar-refractivity contribution in [2.24, 2.45) is 5.10 Å². The van der Waals surface area contributed by atoms with E-state index in [1.165, 1.54) is 18.3 Å². The Labute approximate surface area is 228 Å². The van der Waals surface area contributed by atoms with Gasteiger partial charge in [-0.2, -0.15) is 5.10 Å². The number of halogens is 3. The molecule has 0 aliphatic heterocycles. The lowest BCUT2D eigenvalue weighted by molar-refractivity contribution is 0.0734. The van der Waals surface area contributed by atoms with E-state index in [9.17, 15) is 9.59 Å². The van der Waals surface area contributed by atoms with E-state index in [-0.39, 0.29) is 16.5 Å². The summed E-state index contributed by atoms with van der Waals surface area (Å²) in [5.74, 6) is -0.0909. The predicted octanol–water partition coefficient (Wildman–Crippen LogP) is 7.21. The fraction of sp³-hybridized carbons (Fsp3) is 0.0357. The number of nitrogens with zero attached hydrogens (tertiary/aromatic N) is 1. The number of nitrogens with one attached hydrogen (secondary N) is 1. The quantitative estimate of drug-likeness (QED) is 0.108. The van der Waals surface area contributed by atoms with Crippen LogP contribution in [0.15, 0.2) is 96.1 Å². The lowest BCUT2D eigenvalue weighted by Crippen LogP contribution is -2.17. The van der Waals surface area contributed by atoms with E-state index in [1.54, 1.807) is 66.7 Å². The zero-order chi connectivity index (χ0) is 26.2. The Kier molecular flexibility index (Phi) is 8.80. The van der Waals surface area contributed by atoms with E-state index < -0.39 is 5.97 Å². The predicted molar refractivity (Wildman–Crippen MR) is 145 cm³/mol. The van der Waals surface area contributed by atoms with Crippen LogP contribution in [0.5, 0.6) is 11.5 Å². The molecule has 4 aromatic rings. The average Bonchev–Trinajstić information content (AvgIpc) is 2.89. The summed E-state index contributed by atoms with van der Waals surface area (Å²) in [5.41, 5.74) is 4.67. The van der Waals surface area contributed by atoms with Crippen molar-refractivity contribution in [3.8, 4) is 11.5 Å². The highest BCUT2D eigenvalue weighted by molar-refractivity contribution is 6.36. The summed E-state index contributed by atoms with van der Waals surface area (Å²) < 4.78 is 11.1. The normalized spacial score (nSPS) is 10.8. The Balaban J connectivity index is 1.30. The number of amides is 1. The summed E-state index contributed by atoms with van der Waals surface area (Å²) >= 11 is 17.8. The molecule has 0 atom stereocenters. The Morgan fingerprint density at radius 1 is 0.811 bits per heavy atom. The molecule has 0 fully saturated rings. The molecule has 37 heavy (non-hydrogen) atoms. The van der Waals surface area contributed by atoms with Crippen molar-refractivity contribution in [2.75, 3.05) is 0 Å². The van der Waals surface area contributed by atoms with Crippen molar-refractivity contribution >= 4 is 52.9 Å². The van der Waals surface area contributed by atoms with E-state index in [0.29, 0.717) is 39.3 Å². The molecule has 0 saturated carbocycles. The molecule has 1 N–H and O–H groups in total. The van der Waals surface area contributed by atoms with Crippen LogP contribution in [0.3, 0.4) is 0 Å². The van der Waals surface area contributed by atoms with Crippen molar-refractivity contribution in [1.29, 1.82) is 0 Å². The third kappa shape index (κ3) is 7.57. The second-order valence-electron chi connectivity index (χ2n) is 7.72. The third-order valence-corrected chi connectivity index (χ3v) is 5.83. The molecule has 0 aliphatic rings. The molecular formula is C28H19Cl3N2O4. The number of hydrogen-bond acceptors (Lipinski definition) is 5. The summed E-state index contributed by atoms with van der Waals surface area (Å²) in [6, 6.07) is 25.2. The van der Waals surface area contributed by atoms with Gasteiger partial charge in [0.1, 0.15) is 18.1 Å². The number of esters is 1. The van der Waals surface area contributed by atoms with Gasteiger partial charge < -0.3 is 9.47 Å². The summed E-state index contributed by atoms with van der Waals surface area (Å²) in [4.78, 5) is 24.8. The molecule has 6 nitrogen and oxygen atoms in total. The Bertz CT molecular complexity index is 1440. The van der Waals surface area contributed by atoms with Gasteiger partial charge in [0, 0.05) is 15.6 Å². The third-order valence-electron chi connectivity index (χ3n) is 5.03. The second-order valence-corrected chi connectivity index (χ2v) is 9.00. The Morgan fingerprint density at radius 2 is 1.54 bits per heavy atom. The van der Waals surface area contributed by atoms with Crippen molar-refractivity contribution < 1.29 is 19.1 Å². The molecule has 9 heteroatoms. The van der Waals surface area contributed by atoms with E-state index >= 15 is 0 Å². The van der Waals surface area contributed by atoms with Gasteiger partial charge in [-0.1, -0.05) is 59.1 Å². The molecule has 0 unspecified atom stereocenters. The lowest BCUT2D eigenvalue weighted by atomic mass is 10.2. The highest BCUT2D eigenvalue weighted by Gasteiger charge is 2.13. The molecule has 0 aromatic heterocycles. The Hall–Kier alpha value is -3.84. The minimum atomic E-state index is -0.621. The zero-order valence-corrected chi connectivity index (χ0v) is 21.4. The number of ether oxygens (including phenoxy) is 2. The molecule has 4 aromatic carbocycles. The van der Waals surface area contributed by atoms with E-state index in [0.717, 1.165) is 5.56 Å². The van der Waals surface area contributed by atoms with Crippen LogP contribution >= 0.6 is 34.8 Å². The van der Waals surface area contributed by atoms with E-state index in [4.69, 9.17) is 44.3 Å². The molecule has 0 spiro atoms. The first-order valence-electron chi connectivity index (χ1n) is 11.0. The summed E-state index contributed by atoms with van der Waals surface area (Å²) in [5, 5.41) is 5.26. The largest absolute Gasteiger partial charge is 0.489 e. The van der Waals surface area contributed by atoms with Crippen LogP contribution in [0.25, 0.3) is 0 Å². The Morgan fingerprint density at radius 3 is 2.27 bits per heavy atom. The monoisotopic (exact) mass is 552 g/mol. The fourth-order valence-electron chi connectivity index (χ4n) is 3.16. The van der Waals surface area contributed by atoms with Crippen molar-refractivity contribution in [3.63, 3.8) is 0 Å². The number of hydrogen-bond donors (Lipinski definition) is 1. The van der Waals surface area contributed by atoms with Gasteiger partial charge in [-0.05, 0) is 77.9 Å². The SMILES string of the molecule is O=C(N/N=C/c1cccc(OC(=O)c2ccc(Cl)cc2Cl)c1)c1ccc(OCc2ccc(Cl)cc2)cc1. The van der Waals surface area contributed by atoms with Gasteiger partial charge >= 0.3 is 5.97 Å². The number of benzene rings is 4. The minimum Gasteiger partial charge on any atom is -0.489 e.